The van der Waals surface area contributed by atoms with E-state index in [-0.39, 0.29) is 24.7 Å². The highest BCUT2D eigenvalue weighted by atomic mass is 35.5. The normalized spacial score (nSPS) is 11.2. The van der Waals surface area contributed by atoms with Gasteiger partial charge in [-0.1, -0.05) is 17.7 Å². The molecular weight excluding hydrogens is 362 g/mol. The standard InChI is InChI=1S/C16H18ClN5O2S/c1-9-3-4-11(6-13(9)17)20-14(23)5-10(2)21-22-15(24)7-12-8-19-16(18)25-12/h3-4,6,8H,5,7H2,1-2H3,(H2,18,19)(H,20,23)(H,22,24). The number of amides is 2. The highest BCUT2D eigenvalue weighted by Crippen LogP contribution is 2.20. The maximum Gasteiger partial charge on any atom is 0.245 e. The van der Waals surface area contributed by atoms with Crippen LogP contribution >= 0.6 is 22.9 Å². The molecule has 2 amide bonds. The van der Waals surface area contributed by atoms with Gasteiger partial charge in [-0.3, -0.25) is 9.59 Å². The molecule has 132 valence electrons. The maximum absolute atomic E-state index is 12.0. The molecule has 1 aromatic heterocycles. The predicted octanol–water partition coefficient (Wildman–Crippen LogP) is 2.75. The molecule has 0 aliphatic rings. The molecule has 0 aliphatic heterocycles. The van der Waals surface area contributed by atoms with E-state index in [2.05, 4.69) is 20.8 Å². The number of hydrazone groups is 1. The van der Waals surface area contributed by atoms with Crippen molar-refractivity contribution in [2.24, 2.45) is 5.10 Å². The van der Waals surface area contributed by atoms with Gasteiger partial charge in [0.1, 0.15) is 0 Å². The molecule has 0 spiro atoms. The van der Waals surface area contributed by atoms with E-state index in [4.69, 9.17) is 17.3 Å². The van der Waals surface area contributed by atoms with Gasteiger partial charge in [0.25, 0.3) is 0 Å². The molecule has 0 radical (unpaired) electrons. The first-order valence-electron chi connectivity index (χ1n) is 7.41. The summed E-state index contributed by atoms with van der Waals surface area (Å²) in [6.07, 6.45) is 1.75. The molecule has 2 rings (SSSR count). The highest BCUT2D eigenvalue weighted by molar-refractivity contribution is 7.15. The second kappa shape index (κ2) is 8.59. The van der Waals surface area contributed by atoms with Crippen molar-refractivity contribution in [3.05, 3.63) is 39.9 Å². The number of benzene rings is 1. The van der Waals surface area contributed by atoms with Crippen molar-refractivity contribution >= 4 is 51.3 Å². The first-order valence-corrected chi connectivity index (χ1v) is 8.61. The van der Waals surface area contributed by atoms with Crippen LogP contribution in [0.4, 0.5) is 10.8 Å². The van der Waals surface area contributed by atoms with Crippen LogP contribution in [0.3, 0.4) is 0 Å². The van der Waals surface area contributed by atoms with Crippen LogP contribution in [0.1, 0.15) is 23.8 Å². The number of rotatable bonds is 6. The molecule has 0 bridgehead atoms. The summed E-state index contributed by atoms with van der Waals surface area (Å²) in [5, 5.41) is 7.65. The summed E-state index contributed by atoms with van der Waals surface area (Å²) in [7, 11) is 0. The Bertz CT molecular complexity index is 819. The van der Waals surface area contributed by atoms with Crippen LogP contribution in [0.2, 0.25) is 5.02 Å². The van der Waals surface area contributed by atoms with Crippen LogP contribution in [-0.2, 0) is 16.0 Å². The van der Waals surface area contributed by atoms with Gasteiger partial charge in [-0.25, -0.2) is 10.4 Å². The molecule has 9 heteroatoms. The molecule has 0 saturated heterocycles. The lowest BCUT2D eigenvalue weighted by Crippen LogP contribution is -2.22. The van der Waals surface area contributed by atoms with Gasteiger partial charge in [0.15, 0.2) is 5.13 Å². The Hall–Kier alpha value is -2.45. The summed E-state index contributed by atoms with van der Waals surface area (Å²) in [6.45, 7) is 3.54. The average Bonchev–Trinajstić information content (AvgIpc) is 2.94. The van der Waals surface area contributed by atoms with Gasteiger partial charge in [0.2, 0.25) is 11.8 Å². The number of anilines is 2. The highest BCUT2D eigenvalue weighted by Gasteiger charge is 2.08. The third-order valence-electron chi connectivity index (χ3n) is 3.15. The summed E-state index contributed by atoms with van der Waals surface area (Å²) in [6, 6.07) is 5.28. The molecule has 0 atom stereocenters. The van der Waals surface area contributed by atoms with Crippen molar-refractivity contribution in [2.45, 2.75) is 26.7 Å². The number of nitrogens with two attached hydrogens (primary N) is 1. The van der Waals surface area contributed by atoms with Gasteiger partial charge in [-0.15, -0.1) is 11.3 Å². The zero-order valence-corrected chi connectivity index (χ0v) is 15.4. The molecule has 0 aliphatic carbocycles. The number of hydrogen-bond acceptors (Lipinski definition) is 6. The minimum Gasteiger partial charge on any atom is -0.375 e. The Labute approximate surface area is 154 Å². The maximum atomic E-state index is 12.0. The number of hydrogen-bond donors (Lipinski definition) is 3. The van der Waals surface area contributed by atoms with Crippen LogP contribution < -0.4 is 16.5 Å². The second-order valence-electron chi connectivity index (χ2n) is 5.41. The summed E-state index contributed by atoms with van der Waals surface area (Å²) in [4.78, 5) is 28.4. The number of carbonyl (C=O) groups is 2. The van der Waals surface area contributed by atoms with E-state index in [1.54, 1.807) is 25.3 Å². The lowest BCUT2D eigenvalue weighted by Gasteiger charge is -2.07. The Morgan fingerprint density at radius 2 is 2.12 bits per heavy atom. The van der Waals surface area contributed by atoms with E-state index in [1.807, 2.05) is 13.0 Å². The van der Waals surface area contributed by atoms with E-state index >= 15 is 0 Å². The molecule has 0 saturated carbocycles. The second-order valence-corrected chi connectivity index (χ2v) is 6.97. The van der Waals surface area contributed by atoms with Gasteiger partial charge in [0, 0.05) is 27.5 Å². The van der Waals surface area contributed by atoms with E-state index < -0.39 is 0 Å². The first-order chi connectivity index (χ1) is 11.8. The summed E-state index contributed by atoms with van der Waals surface area (Å²) in [5.74, 6) is -0.542. The van der Waals surface area contributed by atoms with Crippen LogP contribution in [0, 0.1) is 6.92 Å². The number of aryl methyl sites for hydroxylation is 1. The molecule has 2 aromatic rings. The van der Waals surface area contributed by atoms with Gasteiger partial charge < -0.3 is 11.1 Å². The summed E-state index contributed by atoms with van der Waals surface area (Å²) < 4.78 is 0. The number of thiazole rings is 1. The van der Waals surface area contributed by atoms with E-state index in [0.29, 0.717) is 21.6 Å². The fraction of sp³-hybridized carbons (Fsp3) is 0.250. The summed E-state index contributed by atoms with van der Waals surface area (Å²) in [5.41, 5.74) is 9.94. The Morgan fingerprint density at radius 1 is 1.36 bits per heavy atom. The van der Waals surface area contributed by atoms with Crippen molar-refractivity contribution in [2.75, 3.05) is 11.1 Å². The Morgan fingerprint density at radius 3 is 2.76 bits per heavy atom. The van der Waals surface area contributed by atoms with E-state index in [1.165, 1.54) is 11.3 Å². The molecular formula is C16H18ClN5O2S. The molecule has 25 heavy (non-hydrogen) atoms. The minimum absolute atomic E-state index is 0.0548. The minimum atomic E-state index is -0.297. The zero-order valence-electron chi connectivity index (χ0n) is 13.8. The monoisotopic (exact) mass is 379 g/mol. The smallest absolute Gasteiger partial charge is 0.245 e. The number of nitrogens with zero attached hydrogens (tertiary/aromatic N) is 2. The van der Waals surface area contributed by atoms with Gasteiger partial charge in [-0.05, 0) is 31.5 Å². The van der Waals surface area contributed by atoms with E-state index in [9.17, 15) is 9.59 Å². The molecule has 4 N–H and O–H groups in total. The number of nitrogens with one attached hydrogen (secondary N) is 2. The quantitative estimate of drug-likeness (QED) is 0.529. The van der Waals surface area contributed by atoms with Crippen molar-refractivity contribution in [1.29, 1.82) is 0 Å². The van der Waals surface area contributed by atoms with Gasteiger partial charge >= 0.3 is 0 Å². The third kappa shape index (κ3) is 6.17. The molecule has 1 heterocycles. The molecule has 7 nitrogen and oxygen atoms in total. The van der Waals surface area contributed by atoms with Gasteiger partial charge in [0.05, 0.1) is 12.8 Å². The Kier molecular flexibility index (Phi) is 6.49. The number of halogens is 1. The molecule has 1 aromatic carbocycles. The Balaban J connectivity index is 1.82. The predicted molar refractivity (Wildman–Crippen MR) is 101 cm³/mol. The van der Waals surface area contributed by atoms with Crippen molar-refractivity contribution in [1.82, 2.24) is 10.4 Å². The lowest BCUT2D eigenvalue weighted by atomic mass is 10.2. The number of carbonyl (C=O) groups excluding carboxylic acids is 2. The van der Waals surface area contributed by atoms with Crippen LogP contribution in [0.15, 0.2) is 29.5 Å². The zero-order chi connectivity index (χ0) is 18.4. The van der Waals surface area contributed by atoms with Crippen molar-refractivity contribution < 1.29 is 9.59 Å². The summed E-state index contributed by atoms with van der Waals surface area (Å²) >= 11 is 7.27. The first kappa shape index (κ1) is 18.9. The number of aromatic nitrogens is 1. The van der Waals surface area contributed by atoms with Crippen LogP contribution in [0.5, 0.6) is 0 Å². The van der Waals surface area contributed by atoms with Gasteiger partial charge in [-0.2, -0.15) is 5.10 Å². The average molecular weight is 380 g/mol. The third-order valence-corrected chi connectivity index (χ3v) is 4.38. The largest absolute Gasteiger partial charge is 0.375 e. The lowest BCUT2D eigenvalue weighted by molar-refractivity contribution is -0.120. The van der Waals surface area contributed by atoms with E-state index in [0.717, 1.165) is 10.4 Å². The van der Waals surface area contributed by atoms with Crippen LogP contribution in [-0.4, -0.2) is 22.5 Å². The molecule has 0 fully saturated rings. The fourth-order valence-corrected chi connectivity index (χ4v) is 2.77. The van der Waals surface area contributed by atoms with Crippen LogP contribution in [0.25, 0.3) is 0 Å². The van der Waals surface area contributed by atoms with Crippen molar-refractivity contribution in [3.63, 3.8) is 0 Å². The molecule has 0 unspecified atom stereocenters. The topological polar surface area (TPSA) is 109 Å². The van der Waals surface area contributed by atoms with Crippen molar-refractivity contribution in [3.8, 4) is 0 Å². The number of nitrogen functional groups attached to an aromatic ring is 1. The SMILES string of the molecule is CC(CC(=O)Nc1ccc(C)c(Cl)c1)=NNC(=O)Cc1cnc(N)s1. The fourth-order valence-electron chi connectivity index (χ4n) is 1.91.